The Morgan fingerprint density at radius 2 is 1.86 bits per heavy atom. The van der Waals surface area contributed by atoms with Crippen LogP contribution in [-0.4, -0.2) is 12.0 Å². The van der Waals surface area contributed by atoms with Crippen molar-refractivity contribution >= 4 is 5.78 Å². The summed E-state index contributed by atoms with van der Waals surface area (Å²) < 4.78 is 39.1. The minimum absolute atomic E-state index is 0.205. The van der Waals surface area contributed by atoms with Crippen LogP contribution in [0.2, 0.25) is 0 Å². The zero-order chi connectivity index (χ0) is 10.3. The molecule has 1 atom stereocenters. The maximum Gasteiger partial charge on any atom is 0.214 e. The molecule has 0 amide bonds. The SMILES string of the molecule is O=C1C=CC2=CC=C(F)C(F)C2=C1F. The van der Waals surface area contributed by atoms with E-state index in [1.54, 1.807) is 0 Å². The number of carbonyl (C=O) groups is 1. The van der Waals surface area contributed by atoms with Gasteiger partial charge in [-0.05, 0) is 17.7 Å². The van der Waals surface area contributed by atoms with Gasteiger partial charge in [0.05, 0.1) is 0 Å². The molecule has 4 heteroatoms. The van der Waals surface area contributed by atoms with Gasteiger partial charge in [-0.3, -0.25) is 4.79 Å². The Morgan fingerprint density at radius 3 is 2.57 bits per heavy atom. The third-order valence-corrected chi connectivity index (χ3v) is 2.10. The monoisotopic (exact) mass is 198 g/mol. The smallest absolute Gasteiger partial charge is 0.214 e. The molecular formula is C10H5F3O. The molecule has 0 aliphatic heterocycles. The van der Waals surface area contributed by atoms with E-state index >= 15 is 0 Å². The van der Waals surface area contributed by atoms with Crippen LogP contribution in [-0.2, 0) is 4.79 Å². The van der Waals surface area contributed by atoms with Crippen molar-refractivity contribution in [3.63, 3.8) is 0 Å². The normalized spacial score (nSPS) is 25.9. The van der Waals surface area contributed by atoms with Crippen molar-refractivity contribution in [3.8, 4) is 0 Å². The molecule has 0 bridgehead atoms. The molecule has 14 heavy (non-hydrogen) atoms. The molecule has 0 aromatic rings. The first-order valence-corrected chi connectivity index (χ1v) is 3.95. The van der Waals surface area contributed by atoms with Crippen molar-refractivity contribution in [1.82, 2.24) is 0 Å². The van der Waals surface area contributed by atoms with E-state index in [4.69, 9.17) is 0 Å². The van der Waals surface area contributed by atoms with Gasteiger partial charge in [-0.25, -0.2) is 13.2 Å². The van der Waals surface area contributed by atoms with Crippen molar-refractivity contribution in [2.45, 2.75) is 6.17 Å². The maximum atomic E-state index is 13.2. The highest BCUT2D eigenvalue weighted by Crippen LogP contribution is 2.34. The average molecular weight is 198 g/mol. The van der Waals surface area contributed by atoms with Crippen molar-refractivity contribution in [1.29, 1.82) is 0 Å². The van der Waals surface area contributed by atoms with Crippen LogP contribution >= 0.6 is 0 Å². The van der Waals surface area contributed by atoms with E-state index in [0.717, 1.165) is 12.2 Å². The molecule has 0 N–H and O–H groups in total. The van der Waals surface area contributed by atoms with Gasteiger partial charge in [-0.1, -0.05) is 12.2 Å². The number of ketones is 1. The Morgan fingerprint density at radius 1 is 1.14 bits per heavy atom. The molecular weight excluding hydrogens is 193 g/mol. The fourth-order valence-corrected chi connectivity index (χ4v) is 1.38. The summed E-state index contributed by atoms with van der Waals surface area (Å²) in [5.41, 5.74) is -0.298. The summed E-state index contributed by atoms with van der Waals surface area (Å²) in [6.45, 7) is 0. The third-order valence-electron chi connectivity index (χ3n) is 2.10. The lowest BCUT2D eigenvalue weighted by molar-refractivity contribution is -0.112. The van der Waals surface area contributed by atoms with Gasteiger partial charge in [0.1, 0.15) is 5.83 Å². The summed E-state index contributed by atoms with van der Waals surface area (Å²) in [5, 5.41) is 0. The number of halogens is 3. The molecule has 0 aromatic carbocycles. The Labute approximate surface area is 77.9 Å². The summed E-state index contributed by atoms with van der Waals surface area (Å²) in [6, 6.07) is 0. The van der Waals surface area contributed by atoms with E-state index in [1.165, 1.54) is 12.2 Å². The van der Waals surface area contributed by atoms with Crippen LogP contribution in [0.25, 0.3) is 0 Å². The Hall–Kier alpha value is -1.58. The summed E-state index contributed by atoms with van der Waals surface area (Å²) >= 11 is 0. The molecule has 2 aliphatic carbocycles. The lowest BCUT2D eigenvalue weighted by Gasteiger charge is -2.19. The van der Waals surface area contributed by atoms with Crippen LogP contribution in [0.3, 0.4) is 0 Å². The highest BCUT2D eigenvalue weighted by molar-refractivity contribution is 6.05. The molecule has 1 unspecified atom stereocenters. The molecule has 0 spiro atoms. The van der Waals surface area contributed by atoms with Crippen LogP contribution in [0.4, 0.5) is 13.2 Å². The van der Waals surface area contributed by atoms with Gasteiger partial charge in [0.2, 0.25) is 5.78 Å². The van der Waals surface area contributed by atoms with Gasteiger partial charge in [-0.2, -0.15) is 0 Å². The average Bonchev–Trinajstić information content (AvgIpc) is 2.17. The second-order valence-corrected chi connectivity index (χ2v) is 2.96. The number of fused-ring (bicyclic) bond motifs is 1. The van der Waals surface area contributed by atoms with Crippen molar-refractivity contribution in [2.24, 2.45) is 0 Å². The minimum atomic E-state index is -2.16. The van der Waals surface area contributed by atoms with Crippen LogP contribution < -0.4 is 0 Å². The molecule has 0 radical (unpaired) electrons. The fraction of sp³-hybridized carbons (Fsp3) is 0.100. The van der Waals surface area contributed by atoms with Crippen LogP contribution in [0.1, 0.15) is 0 Å². The fourth-order valence-electron chi connectivity index (χ4n) is 1.38. The Bertz CT molecular complexity index is 427. The van der Waals surface area contributed by atoms with E-state index in [0.29, 0.717) is 0 Å². The molecule has 0 aromatic heterocycles. The zero-order valence-corrected chi connectivity index (χ0v) is 6.93. The lowest BCUT2D eigenvalue weighted by Crippen LogP contribution is -2.17. The van der Waals surface area contributed by atoms with E-state index in [1.807, 2.05) is 0 Å². The van der Waals surface area contributed by atoms with Crippen LogP contribution in [0, 0.1) is 0 Å². The summed E-state index contributed by atoms with van der Waals surface area (Å²) in [6.07, 6.45) is 2.27. The third kappa shape index (κ3) is 1.14. The van der Waals surface area contributed by atoms with E-state index < -0.39 is 29.2 Å². The first-order chi connectivity index (χ1) is 6.61. The number of alkyl halides is 1. The lowest BCUT2D eigenvalue weighted by atomic mass is 9.90. The number of carbonyl (C=O) groups excluding carboxylic acids is 1. The van der Waals surface area contributed by atoms with E-state index in [2.05, 4.69) is 0 Å². The topological polar surface area (TPSA) is 17.1 Å². The summed E-state index contributed by atoms with van der Waals surface area (Å²) in [7, 11) is 0. The van der Waals surface area contributed by atoms with Crippen molar-refractivity contribution in [2.75, 3.05) is 0 Å². The summed E-state index contributed by atoms with van der Waals surface area (Å²) in [4.78, 5) is 10.8. The van der Waals surface area contributed by atoms with E-state index in [-0.39, 0.29) is 5.57 Å². The number of hydrogen-bond donors (Lipinski definition) is 0. The standard InChI is InChI=1S/C10H5F3O/c11-6-3-1-5-2-4-7(14)10(13)8(5)9(6)12/h1-4,9H. The first-order valence-electron chi connectivity index (χ1n) is 3.95. The maximum absolute atomic E-state index is 13.2. The minimum Gasteiger partial charge on any atom is -0.287 e. The zero-order valence-electron chi connectivity index (χ0n) is 6.93. The van der Waals surface area contributed by atoms with Crippen molar-refractivity contribution in [3.05, 3.63) is 47.1 Å². The van der Waals surface area contributed by atoms with Crippen LogP contribution in [0.15, 0.2) is 47.1 Å². The number of allylic oxidation sites excluding steroid dienone is 8. The van der Waals surface area contributed by atoms with Crippen molar-refractivity contribution < 1.29 is 18.0 Å². The van der Waals surface area contributed by atoms with Gasteiger partial charge in [-0.15, -0.1) is 0 Å². The molecule has 0 saturated heterocycles. The number of hydrogen-bond acceptors (Lipinski definition) is 1. The van der Waals surface area contributed by atoms with Gasteiger partial charge >= 0.3 is 0 Å². The largest absolute Gasteiger partial charge is 0.287 e. The molecule has 72 valence electrons. The number of rotatable bonds is 0. The molecule has 0 saturated carbocycles. The highest BCUT2D eigenvalue weighted by atomic mass is 19.2. The van der Waals surface area contributed by atoms with E-state index in [9.17, 15) is 18.0 Å². The molecule has 2 rings (SSSR count). The summed E-state index contributed by atoms with van der Waals surface area (Å²) in [5.74, 6) is -3.22. The van der Waals surface area contributed by atoms with Crippen LogP contribution in [0.5, 0.6) is 0 Å². The Balaban J connectivity index is 2.59. The molecule has 0 heterocycles. The highest BCUT2D eigenvalue weighted by Gasteiger charge is 2.31. The predicted molar refractivity (Wildman–Crippen MR) is 44.5 cm³/mol. The second-order valence-electron chi connectivity index (χ2n) is 2.96. The predicted octanol–water partition coefficient (Wildman–Crippen LogP) is 2.48. The Kier molecular flexibility index (Phi) is 1.91. The van der Waals surface area contributed by atoms with Gasteiger partial charge < -0.3 is 0 Å². The molecule has 2 aliphatic rings. The molecule has 0 fully saturated rings. The molecule has 1 nitrogen and oxygen atoms in total. The van der Waals surface area contributed by atoms with Gasteiger partial charge in [0, 0.05) is 5.57 Å². The van der Waals surface area contributed by atoms with Gasteiger partial charge in [0.15, 0.2) is 12.0 Å². The quantitative estimate of drug-likeness (QED) is 0.584. The van der Waals surface area contributed by atoms with Gasteiger partial charge in [0.25, 0.3) is 0 Å². The first kappa shape index (κ1) is 8.99. The second kappa shape index (κ2) is 2.97.